The van der Waals surface area contributed by atoms with Gasteiger partial charge >= 0.3 is 0 Å². The van der Waals surface area contributed by atoms with Gasteiger partial charge in [-0.15, -0.1) is 0 Å². The normalized spacial score (nSPS) is 13.4. The molecule has 13 heavy (non-hydrogen) atoms. The molecule has 2 nitrogen and oxygen atoms in total. The van der Waals surface area contributed by atoms with E-state index in [4.69, 9.17) is 9.84 Å². The van der Waals surface area contributed by atoms with Gasteiger partial charge in [0.05, 0.1) is 6.10 Å². The molecule has 0 aliphatic carbocycles. The van der Waals surface area contributed by atoms with Crippen molar-refractivity contribution in [1.29, 1.82) is 0 Å². The molecular formula is C11H22O2. The minimum absolute atomic E-state index is 0.227. The third kappa shape index (κ3) is 9.25. The molecule has 1 atom stereocenters. The zero-order valence-electron chi connectivity index (χ0n) is 8.83. The van der Waals surface area contributed by atoms with Crippen LogP contribution in [0.25, 0.3) is 0 Å². The molecule has 0 spiro atoms. The molecule has 0 bridgehead atoms. The summed E-state index contributed by atoms with van der Waals surface area (Å²) in [6.07, 6.45) is 10.1. The van der Waals surface area contributed by atoms with Crippen LogP contribution in [0.2, 0.25) is 0 Å². The Labute approximate surface area is 81.6 Å². The van der Waals surface area contributed by atoms with E-state index in [1.54, 1.807) is 0 Å². The lowest BCUT2D eigenvalue weighted by atomic mass is 10.1. The van der Waals surface area contributed by atoms with Crippen LogP contribution >= 0.6 is 0 Å². The number of hydrogen-bond acceptors (Lipinski definition) is 2. The SMILES string of the molecule is CCCCCCCC(C)O/C=C/O. The molecule has 0 heterocycles. The van der Waals surface area contributed by atoms with Crippen molar-refractivity contribution in [3.8, 4) is 0 Å². The first kappa shape index (κ1) is 12.3. The van der Waals surface area contributed by atoms with Gasteiger partial charge in [-0.2, -0.15) is 0 Å². The second-order valence-electron chi connectivity index (χ2n) is 3.43. The standard InChI is InChI=1S/C11H22O2/c1-3-4-5-6-7-8-11(2)13-10-9-12/h9-12H,3-8H2,1-2H3/b10-9+. The van der Waals surface area contributed by atoms with E-state index in [-0.39, 0.29) is 6.10 Å². The number of unbranched alkanes of at least 4 members (excludes halogenated alkanes) is 4. The molecule has 1 N–H and O–H groups in total. The second kappa shape index (κ2) is 9.43. The van der Waals surface area contributed by atoms with Crippen molar-refractivity contribution < 1.29 is 9.84 Å². The lowest BCUT2D eigenvalue weighted by Gasteiger charge is -2.09. The fourth-order valence-corrected chi connectivity index (χ4v) is 1.27. The van der Waals surface area contributed by atoms with Crippen molar-refractivity contribution in [3.05, 3.63) is 12.5 Å². The quantitative estimate of drug-likeness (QED) is 0.461. The number of aliphatic hydroxyl groups is 1. The number of rotatable bonds is 8. The Bertz CT molecular complexity index is 121. The summed E-state index contributed by atoms with van der Waals surface area (Å²) in [5.74, 6) is 0. The minimum atomic E-state index is 0.227. The third-order valence-corrected chi connectivity index (χ3v) is 2.09. The van der Waals surface area contributed by atoms with Gasteiger partial charge in [-0.25, -0.2) is 0 Å². The summed E-state index contributed by atoms with van der Waals surface area (Å²) in [4.78, 5) is 0. The topological polar surface area (TPSA) is 29.5 Å². The van der Waals surface area contributed by atoms with Gasteiger partial charge in [0.15, 0.2) is 0 Å². The number of ether oxygens (including phenoxy) is 1. The highest BCUT2D eigenvalue weighted by atomic mass is 16.5. The summed E-state index contributed by atoms with van der Waals surface area (Å²) in [5.41, 5.74) is 0. The van der Waals surface area contributed by atoms with Gasteiger partial charge in [-0.3, -0.25) is 0 Å². The highest BCUT2D eigenvalue weighted by molar-refractivity contribution is 4.61. The van der Waals surface area contributed by atoms with Crippen LogP contribution in [0.5, 0.6) is 0 Å². The van der Waals surface area contributed by atoms with Crippen LogP contribution in [-0.4, -0.2) is 11.2 Å². The van der Waals surface area contributed by atoms with Crippen LogP contribution in [0.1, 0.15) is 52.4 Å². The van der Waals surface area contributed by atoms with E-state index in [9.17, 15) is 0 Å². The van der Waals surface area contributed by atoms with Crippen LogP contribution in [0.4, 0.5) is 0 Å². The van der Waals surface area contributed by atoms with Crippen LogP contribution < -0.4 is 0 Å². The van der Waals surface area contributed by atoms with Gasteiger partial charge < -0.3 is 9.84 Å². The fraction of sp³-hybridized carbons (Fsp3) is 0.818. The molecule has 0 amide bonds. The molecule has 2 heteroatoms. The van der Waals surface area contributed by atoms with E-state index in [1.807, 2.05) is 6.92 Å². The maximum atomic E-state index is 8.35. The summed E-state index contributed by atoms with van der Waals surface area (Å²) in [7, 11) is 0. The monoisotopic (exact) mass is 186 g/mol. The van der Waals surface area contributed by atoms with E-state index >= 15 is 0 Å². The Hall–Kier alpha value is -0.660. The van der Waals surface area contributed by atoms with E-state index < -0.39 is 0 Å². The Kier molecular flexibility index (Phi) is 8.95. The van der Waals surface area contributed by atoms with Crippen molar-refractivity contribution >= 4 is 0 Å². The third-order valence-electron chi connectivity index (χ3n) is 2.09. The molecule has 0 aromatic rings. The fourth-order valence-electron chi connectivity index (χ4n) is 1.27. The Morgan fingerprint density at radius 1 is 1.23 bits per heavy atom. The molecule has 0 aromatic heterocycles. The van der Waals surface area contributed by atoms with Crippen LogP contribution in [0.3, 0.4) is 0 Å². The van der Waals surface area contributed by atoms with E-state index in [1.165, 1.54) is 38.4 Å². The first-order valence-corrected chi connectivity index (χ1v) is 5.26. The largest absolute Gasteiger partial charge is 0.512 e. The molecular weight excluding hydrogens is 164 g/mol. The zero-order chi connectivity index (χ0) is 9.94. The van der Waals surface area contributed by atoms with Gasteiger partial charge in [-0.05, 0) is 19.8 Å². The average Bonchev–Trinajstić information content (AvgIpc) is 2.14. The molecule has 0 fully saturated rings. The lowest BCUT2D eigenvalue weighted by molar-refractivity contribution is 0.143. The van der Waals surface area contributed by atoms with Gasteiger partial charge in [-0.1, -0.05) is 32.6 Å². The first-order valence-electron chi connectivity index (χ1n) is 5.26. The van der Waals surface area contributed by atoms with E-state index in [0.29, 0.717) is 0 Å². The molecule has 0 aliphatic rings. The summed E-state index contributed by atoms with van der Waals surface area (Å²) < 4.78 is 5.17. The van der Waals surface area contributed by atoms with Crippen molar-refractivity contribution in [2.45, 2.75) is 58.5 Å². The first-order chi connectivity index (χ1) is 6.31. The van der Waals surface area contributed by atoms with Crippen LogP contribution in [-0.2, 0) is 4.74 Å². The molecule has 1 unspecified atom stereocenters. The summed E-state index contributed by atoms with van der Waals surface area (Å²) >= 11 is 0. The maximum absolute atomic E-state index is 8.35. The van der Waals surface area contributed by atoms with E-state index in [2.05, 4.69) is 6.92 Å². The van der Waals surface area contributed by atoms with Gasteiger partial charge in [0.25, 0.3) is 0 Å². The minimum Gasteiger partial charge on any atom is -0.512 e. The molecule has 0 rings (SSSR count). The van der Waals surface area contributed by atoms with Crippen molar-refractivity contribution in [2.24, 2.45) is 0 Å². The van der Waals surface area contributed by atoms with Crippen molar-refractivity contribution in [3.63, 3.8) is 0 Å². The molecule has 0 saturated carbocycles. The average molecular weight is 186 g/mol. The number of aliphatic hydroxyl groups excluding tert-OH is 1. The highest BCUT2D eigenvalue weighted by Gasteiger charge is 1.99. The second-order valence-corrected chi connectivity index (χ2v) is 3.43. The summed E-state index contributed by atoms with van der Waals surface area (Å²) in [5, 5.41) is 8.35. The van der Waals surface area contributed by atoms with Gasteiger partial charge in [0, 0.05) is 0 Å². The number of hydrogen-bond donors (Lipinski definition) is 1. The Morgan fingerprint density at radius 2 is 1.92 bits per heavy atom. The zero-order valence-corrected chi connectivity index (χ0v) is 8.83. The summed E-state index contributed by atoms with van der Waals surface area (Å²) in [6.45, 7) is 4.25. The Balaban J connectivity index is 3.12. The summed E-state index contributed by atoms with van der Waals surface area (Å²) in [6, 6.07) is 0. The van der Waals surface area contributed by atoms with E-state index in [0.717, 1.165) is 12.7 Å². The van der Waals surface area contributed by atoms with Crippen molar-refractivity contribution in [1.82, 2.24) is 0 Å². The molecule has 0 saturated heterocycles. The molecule has 0 aliphatic heterocycles. The smallest absolute Gasteiger partial charge is 0.117 e. The van der Waals surface area contributed by atoms with Crippen molar-refractivity contribution in [2.75, 3.05) is 0 Å². The van der Waals surface area contributed by atoms with Crippen LogP contribution in [0.15, 0.2) is 12.5 Å². The van der Waals surface area contributed by atoms with Crippen LogP contribution in [0, 0.1) is 0 Å². The predicted molar refractivity (Wildman–Crippen MR) is 55.7 cm³/mol. The molecule has 78 valence electrons. The molecule has 0 aromatic carbocycles. The van der Waals surface area contributed by atoms with Gasteiger partial charge in [0.2, 0.25) is 0 Å². The highest BCUT2D eigenvalue weighted by Crippen LogP contribution is 2.08. The molecule has 0 radical (unpaired) electrons. The maximum Gasteiger partial charge on any atom is 0.117 e. The Morgan fingerprint density at radius 3 is 2.54 bits per heavy atom. The van der Waals surface area contributed by atoms with Gasteiger partial charge in [0.1, 0.15) is 12.5 Å². The lowest BCUT2D eigenvalue weighted by Crippen LogP contribution is -2.03. The predicted octanol–water partition coefficient (Wildman–Crippen LogP) is 3.78.